The molecular formula is C19H22N4O2. The second-order valence-corrected chi connectivity index (χ2v) is 6.55. The van der Waals surface area contributed by atoms with E-state index in [4.69, 9.17) is 4.74 Å². The number of nitrogens with one attached hydrogen (secondary N) is 1. The van der Waals surface area contributed by atoms with Crippen molar-refractivity contribution < 1.29 is 9.53 Å². The first kappa shape index (κ1) is 15.9. The first-order chi connectivity index (χ1) is 12.2. The minimum absolute atomic E-state index is 0.0903. The minimum atomic E-state index is -0.438. The molecule has 1 saturated heterocycles. The molecule has 1 N–H and O–H groups in total. The molecule has 1 aromatic carbocycles. The summed E-state index contributed by atoms with van der Waals surface area (Å²) < 4.78 is 5.70. The number of pyridine rings is 1. The molecule has 6 heteroatoms. The van der Waals surface area contributed by atoms with Gasteiger partial charge < -0.3 is 15.0 Å². The summed E-state index contributed by atoms with van der Waals surface area (Å²) in [6, 6.07) is 10.2. The zero-order chi connectivity index (χ0) is 17.2. The number of ether oxygens (including phenoxy) is 1. The maximum absolute atomic E-state index is 11.7. The van der Waals surface area contributed by atoms with Crippen molar-refractivity contribution in [3.05, 3.63) is 48.3 Å². The van der Waals surface area contributed by atoms with Crippen LogP contribution in [-0.4, -0.2) is 48.1 Å². The van der Waals surface area contributed by atoms with Crippen molar-refractivity contribution in [2.45, 2.75) is 19.6 Å². The Labute approximate surface area is 147 Å². The van der Waals surface area contributed by atoms with Crippen molar-refractivity contribution in [3.8, 4) is 5.75 Å². The Morgan fingerprint density at radius 2 is 1.92 bits per heavy atom. The highest BCUT2D eigenvalue weighted by atomic mass is 16.5. The van der Waals surface area contributed by atoms with Gasteiger partial charge in [0.15, 0.2) is 6.10 Å². The number of benzene rings is 1. The predicted octanol–water partition coefficient (Wildman–Crippen LogP) is 2.12. The largest absolute Gasteiger partial charge is 0.479 e. The lowest BCUT2D eigenvalue weighted by Gasteiger charge is -2.36. The zero-order valence-electron chi connectivity index (χ0n) is 14.3. The first-order valence-corrected chi connectivity index (χ1v) is 8.67. The van der Waals surface area contributed by atoms with Gasteiger partial charge in [0.05, 0.1) is 5.69 Å². The summed E-state index contributed by atoms with van der Waals surface area (Å²) >= 11 is 0. The molecule has 1 unspecified atom stereocenters. The number of hydrogen-bond donors (Lipinski definition) is 1. The van der Waals surface area contributed by atoms with E-state index in [2.05, 4.69) is 38.3 Å². The third-order valence-electron chi connectivity index (χ3n) is 4.78. The van der Waals surface area contributed by atoms with Gasteiger partial charge in [0.25, 0.3) is 5.91 Å². The number of rotatable bonds is 3. The van der Waals surface area contributed by atoms with Crippen molar-refractivity contribution >= 4 is 17.3 Å². The van der Waals surface area contributed by atoms with E-state index >= 15 is 0 Å². The summed E-state index contributed by atoms with van der Waals surface area (Å²) in [4.78, 5) is 20.6. The van der Waals surface area contributed by atoms with Gasteiger partial charge in [-0.05, 0) is 36.8 Å². The number of carbonyl (C=O) groups is 1. The number of carbonyl (C=O) groups excluding carboxylic acids is 1. The quantitative estimate of drug-likeness (QED) is 0.929. The standard InChI is InChI=1S/C19H22N4O2/c1-14-19(24)21-17-3-2-15(12-18(17)25-14)13-22-8-10-23(11-9-22)16-4-6-20-7-5-16/h2-7,12,14H,8-11,13H2,1H3,(H,21,24). The van der Waals surface area contributed by atoms with Crippen LogP contribution < -0.4 is 15.0 Å². The Morgan fingerprint density at radius 1 is 1.16 bits per heavy atom. The average Bonchev–Trinajstić information content (AvgIpc) is 2.64. The van der Waals surface area contributed by atoms with E-state index in [0.717, 1.165) is 44.2 Å². The number of aromatic nitrogens is 1. The SMILES string of the molecule is CC1Oc2cc(CN3CCN(c4ccncc4)CC3)ccc2NC1=O. The molecule has 0 aliphatic carbocycles. The molecular weight excluding hydrogens is 316 g/mol. The number of anilines is 2. The summed E-state index contributed by atoms with van der Waals surface area (Å²) in [6.45, 7) is 6.73. The monoisotopic (exact) mass is 338 g/mol. The molecule has 2 aliphatic rings. The van der Waals surface area contributed by atoms with Crippen molar-refractivity contribution in [2.24, 2.45) is 0 Å². The topological polar surface area (TPSA) is 57.7 Å². The van der Waals surface area contributed by atoms with Crippen LogP contribution >= 0.6 is 0 Å². The van der Waals surface area contributed by atoms with Crippen LogP contribution in [0.5, 0.6) is 5.75 Å². The van der Waals surface area contributed by atoms with Crippen LogP contribution in [0, 0.1) is 0 Å². The summed E-state index contributed by atoms with van der Waals surface area (Å²) in [7, 11) is 0. The second-order valence-electron chi connectivity index (χ2n) is 6.55. The highest BCUT2D eigenvalue weighted by Crippen LogP contribution is 2.31. The van der Waals surface area contributed by atoms with E-state index in [9.17, 15) is 4.79 Å². The smallest absolute Gasteiger partial charge is 0.265 e. The maximum Gasteiger partial charge on any atom is 0.265 e. The van der Waals surface area contributed by atoms with Crippen LogP contribution in [0.15, 0.2) is 42.7 Å². The van der Waals surface area contributed by atoms with Crippen molar-refractivity contribution in [1.29, 1.82) is 0 Å². The molecule has 0 spiro atoms. The average molecular weight is 338 g/mol. The van der Waals surface area contributed by atoms with Gasteiger partial charge in [-0.2, -0.15) is 0 Å². The van der Waals surface area contributed by atoms with Gasteiger partial charge in [0.1, 0.15) is 5.75 Å². The van der Waals surface area contributed by atoms with E-state index in [0.29, 0.717) is 0 Å². The lowest BCUT2D eigenvalue weighted by molar-refractivity contribution is -0.122. The van der Waals surface area contributed by atoms with Crippen LogP contribution in [0.4, 0.5) is 11.4 Å². The normalized spacial score (nSPS) is 20.6. The van der Waals surface area contributed by atoms with Gasteiger partial charge in [0.2, 0.25) is 0 Å². The van der Waals surface area contributed by atoms with Crippen molar-refractivity contribution in [1.82, 2.24) is 9.88 Å². The Hall–Kier alpha value is -2.60. The second kappa shape index (κ2) is 6.72. The maximum atomic E-state index is 11.7. The fourth-order valence-corrected chi connectivity index (χ4v) is 3.32. The molecule has 1 fully saturated rings. The third-order valence-corrected chi connectivity index (χ3v) is 4.78. The molecule has 3 heterocycles. The molecule has 0 radical (unpaired) electrons. The fraction of sp³-hybridized carbons (Fsp3) is 0.368. The van der Waals surface area contributed by atoms with Crippen LogP contribution in [0.3, 0.4) is 0 Å². The van der Waals surface area contributed by atoms with E-state index in [1.165, 1.54) is 11.3 Å². The summed E-state index contributed by atoms with van der Waals surface area (Å²) in [5.74, 6) is 0.674. The van der Waals surface area contributed by atoms with Gasteiger partial charge in [-0.1, -0.05) is 6.07 Å². The van der Waals surface area contributed by atoms with Crippen LogP contribution in [0.2, 0.25) is 0 Å². The van der Waals surface area contributed by atoms with Gasteiger partial charge in [0, 0.05) is 50.8 Å². The van der Waals surface area contributed by atoms with E-state index < -0.39 is 6.10 Å². The molecule has 25 heavy (non-hydrogen) atoms. The number of piperazine rings is 1. The van der Waals surface area contributed by atoms with Gasteiger partial charge in [-0.25, -0.2) is 0 Å². The summed E-state index contributed by atoms with van der Waals surface area (Å²) in [5.41, 5.74) is 3.20. The Morgan fingerprint density at radius 3 is 2.68 bits per heavy atom. The predicted molar refractivity (Wildman–Crippen MR) is 96.9 cm³/mol. The lowest BCUT2D eigenvalue weighted by Crippen LogP contribution is -2.46. The summed E-state index contributed by atoms with van der Waals surface area (Å²) in [6.07, 6.45) is 3.25. The summed E-state index contributed by atoms with van der Waals surface area (Å²) in [5, 5.41) is 2.88. The Bertz CT molecular complexity index is 757. The van der Waals surface area contributed by atoms with Crippen LogP contribution in [0.25, 0.3) is 0 Å². The molecule has 130 valence electrons. The van der Waals surface area contributed by atoms with E-state index in [-0.39, 0.29) is 5.91 Å². The molecule has 6 nitrogen and oxygen atoms in total. The molecule has 1 aromatic heterocycles. The van der Waals surface area contributed by atoms with E-state index in [1.807, 2.05) is 24.5 Å². The van der Waals surface area contributed by atoms with Crippen molar-refractivity contribution in [2.75, 3.05) is 36.4 Å². The molecule has 2 aliphatic heterocycles. The highest BCUT2D eigenvalue weighted by molar-refractivity contribution is 5.97. The number of amides is 1. The third kappa shape index (κ3) is 3.44. The Kier molecular flexibility index (Phi) is 4.28. The first-order valence-electron chi connectivity index (χ1n) is 8.67. The minimum Gasteiger partial charge on any atom is -0.479 e. The number of hydrogen-bond acceptors (Lipinski definition) is 5. The molecule has 1 atom stereocenters. The molecule has 0 bridgehead atoms. The van der Waals surface area contributed by atoms with Gasteiger partial charge in [-0.15, -0.1) is 0 Å². The lowest BCUT2D eigenvalue weighted by atomic mass is 10.1. The van der Waals surface area contributed by atoms with Crippen molar-refractivity contribution in [3.63, 3.8) is 0 Å². The zero-order valence-corrected chi connectivity index (χ0v) is 14.3. The molecule has 1 amide bonds. The number of fused-ring (bicyclic) bond motifs is 1. The van der Waals surface area contributed by atoms with E-state index in [1.54, 1.807) is 6.92 Å². The van der Waals surface area contributed by atoms with Gasteiger partial charge in [-0.3, -0.25) is 14.7 Å². The molecule has 4 rings (SSSR count). The molecule has 2 aromatic rings. The van der Waals surface area contributed by atoms with Gasteiger partial charge >= 0.3 is 0 Å². The van der Waals surface area contributed by atoms with Crippen LogP contribution in [0.1, 0.15) is 12.5 Å². The molecule has 0 saturated carbocycles. The highest BCUT2D eigenvalue weighted by Gasteiger charge is 2.24. The Balaban J connectivity index is 1.38. The fourth-order valence-electron chi connectivity index (χ4n) is 3.32. The van der Waals surface area contributed by atoms with Crippen LogP contribution in [-0.2, 0) is 11.3 Å². The number of nitrogens with zero attached hydrogens (tertiary/aromatic N) is 3.